The Morgan fingerprint density at radius 3 is 2.89 bits per heavy atom. The first kappa shape index (κ1) is 13.7. The van der Waals surface area contributed by atoms with E-state index in [1.165, 1.54) is 12.8 Å². The summed E-state index contributed by atoms with van der Waals surface area (Å²) in [4.78, 5) is 6.31. The predicted molar refractivity (Wildman–Crippen MR) is 72.1 cm³/mol. The summed E-state index contributed by atoms with van der Waals surface area (Å²) >= 11 is 0. The molecule has 1 saturated carbocycles. The van der Waals surface area contributed by atoms with Gasteiger partial charge in [0.2, 0.25) is 0 Å². The minimum atomic E-state index is -0.561. The maximum absolute atomic E-state index is 13.3. The number of guanidine groups is 1. The van der Waals surface area contributed by atoms with E-state index in [0.717, 1.165) is 24.7 Å². The monoisotopic (exact) mass is 268 g/mol. The molecule has 3 N–H and O–H groups in total. The normalized spacial score (nSPS) is 15.9. The molecule has 0 aliphatic heterocycles. The second-order valence-electron chi connectivity index (χ2n) is 4.73. The number of halogens is 2. The van der Waals surface area contributed by atoms with E-state index in [1.54, 1.807) is 0 Å². The maximum Gasteiger partial charge on any atom is 0.193 e. The summed E-state index contributed by atoms with van der Waals surface area (Å²) in [6.07, 6.45) is 2.48. The Kier molecular flexibility index (Phi) is 4.31. The third kappa shape index (κ3) is 4.17. The molecule has 4 nitrogen and oxygen atoms in total. The van der Waals surface area contributed by atoms with Gasteiger partial charge in [-0.3, -0.25) is 4.99 Å². The Bertz CT molecular complexity index is 472. The van der Waals surface area contributed by atoms with Crippen molar-refractivity contribution in [2.24, 2.45) is 10.7 Å². The summed E-state index contributed by atoms with van der Waals surface area (Å²) < 4.78 is 26.3. The topological polar surface area (TPSA) is 53.6 Å². The molecule has 0 atom stereocenters. The molecule has 1 fully saturated rings. The first-order chi connectivity index (χ1) is 9.06. The van der Waals surface area contributed by atoms with Crippen LogP contribution in [0.3, 0.4) is 0 Å². The molecule has 0 heterocycles. The van der Waals surface area contributed by atoms with Crippen molar-refractivity contribution in [3.63, 3.8) is 0 Å². The van der Waals surface area contributed by atoms with Gasteiger partial charge in [-0.2, -0.15) is 0 Å². The van der Waals surface area contributed by atoms with Gasteiger partial charge in [-0.25, -0.2) is 8.78 Å². The molecule has 0 amide bonds. The molecule has 104 valence electrons. The fraction of sp³-hybridized carbons (Fsp3) is 0.462. The highest BCUT2D eigenvalue weighted by molar-refractivity contribution is 5.92. The van der Waals surface area contributed by atoms with Crippen molar-refractivity contribution >= 4 is 11.6 Å². The summed E-state index contributed by atoms with van der Waals surface area (Å²) in [6, 6.07) is 3.82. The van der Waals surface area contributed by atoms with Gasteiger partial charge in [0.1, 0.15) is 11.6 Å². The lowest BCUT2D eigenvalue weighted by Crippen LogP contribution is -2.27. The van der Waals surface area contributed by atoms with Crippen LogP contribution < -0.4 is 11.1 Å². The number of rotatable bonds is 5. The molecule has 1 aromatic carbocycles. The van der Waals surface area contributed by atoms with Crippen LogP contribution in [-0.2, 0) is 0 Å². The average molecular weight is 268 g/mol. The highest BCUT2D eigenvalue weighted by Crippen LogP contribution is 2.24. The van der Waals surface area contributed by atoms with Gasteiger partial charge in [0, 0.05) is 18.7 Å². The third-order valence-electron chi connectivity index (χ3n) is 3.10. The van der Waals surface area contributed by atoms with E-state index >= 15 is 0 Å². The lowest BCUT2D eigenvalue weighted by atomic mass is 10.3. The van der Waals surface area contributed by atoms with E-state index in [0.29, 0.717) is 12.6 Å². The molecule has 19 heavy (non-hydrogen) atoms. The molecule has 0 aromatic heterocycles. The Morgan fingerprint density at radius 2 is 2.21 bits per heavy atom. The van der Waals surface area contributed by atoms with E-state index in [-0.39, 0.29) is 11.6 Å². The number of hydrogen-bond donors (Lipinski definition) is 2. The second-order valence-corrected chi connectivity index (χ2v) is 4.73. The molecular formula is C13H18F2N4. The number of nitrogens with two attached hydrogens (primary N) is 1. The van der Waals surface area contributed by atoms with Crippen LogP contribution in [0, 0.1) is 11.6 Å². The fourth-order valence-electron chi connectivity index (χ4n) is 1.80. The summed E-state index contributed by atoms with van der Waals surface area (Å²) in [6.45, 7) is 1.33. The molecule has 6 heteroatoms. The van der Waals surface area contributed by atoms with Crippen molar-refractivity contribution in [2.45, 2.75) is 18.9 Å². The van der Waals surface area contributed by atoms with Crippen LogP contribution in [-0.4, -0.2) is 37.0 Å². The van der Waals surface area contributed by atoms with Gasteiger partial charge in [0.05, 0.1) is 12.2 Å². The van der Waals surface area contributed by atoms with Gasteiger partial charge in [-0.1, -0.05) is 0 Å². The largest absolute Gasteiger partial charge is 0.370 e. The van der Waals surface area contributed by atoms with Crippen LogP contribution in [0.15, 0.2) is 23.2 Å². The number of hydrogen-bond acceptors (Lipinski definition) is 2. The third-order valence-corrected chi connectivity index (χ3v) is 3.10. The van der Waals surface area contributed by atoms with Crippen LogP contribution in [0.5, 0.6) is 0 Å². The van der Waals surface area contributed by atoms with Crippen molar-refractivity contribution in [3.8, 4) is 0 Å². The molecule has 1 aliphatic carbocycles. The molecule has 0 spiro atoms. The molecule has 1 aromatic rings. The fourth-order valence-corrected chi connectivity index (χ4v) is 1.80. The summed E-state index contributed by atoms with van der Waals surface area (Å²) in [7, 11) is 2.04. The molecular weight excluding hydrogens is 250 g/mol. The average Bonchev–Trinajstić information content (AvgIpc) is 3.18. The Hall–Kier alpha value is -1.69. The quantitative estimate of drug-likeness (QED) is 0.632. The summed E-state index contributed by atoms with van der Waals surface area (Å²) in [5.41, 5.74) is 5.63. The zero-order chi connectivity index (χ0) is 13.8. The summed E-state index contributed by atoms with van der Waals surface area (Å²) in [5.74, 6) is -0.992. The smallest absolute Gasteiger partial charge is 0.193 e. The molecule has 0 radical (unpaired) electrons. The van der Waals surface area contributed by atoms with E-state index in [4.69, 9.17) is 5.73 Å². The van der Waals surface area contributed by atoms with E-state index < -0.39 is 11.6 Å². The highest BCUT2D eigenvalue weighted by atomic mass is 19.1. The van der Waals surface area contributed by atoms with Gasteiger partial charge >= 0.3 is 0 Å². The predicted octanol–water partition coefficient (Wildman–Crippen LogP) is 1.79. The number of nitrogens with one attached hydrogen (secondary N) is 1. The van der Waals surface area contributed by atoms with Gasteiger partial charge in [-0.15, -0.1) is 0 Å². The van der Waals surface area contributed by atoms with Crippen molar-refractivity contribution in [1.29, 1.82) is 0 Å². The van der Waals surface area contributed by atoms with Gasteiger partial charge in [-0.05, 0) is 32.0 Å². The molecule has 0 bridgehead atoms. The van der Waals surface area contributed by atoms with Crippen LogP contribution in [0.4, 0.5) is 14.5 Å². The van der Waals surface area contributed by atoms with Crippen LogP contribution in [0.2, 0.25) is 0 Å². The number of benzene rings is 1. The minimum absolute atomic E-state index is 0.00297. The number of nitrogens with zero attached hydrogens (tertiary/aromatic N) is 2. The lowest BCUT2D eigenvalue weighted by Gasteiger charge is -2.13. The first-order valence-corrected chi connectivity index (χ1v) is 6.28. The Morgan fingerprint density at radius 1 is 1.47 bits per heavy atom. The Labute approximate surface area is 111 Å². The highest BCUT2D eigenvalue weighted by Gasteiger charge is 2.25. The number of anilines is 1. The van der Waals surface area contributed by atoms with Gasteiger partial charge < -0.3 is 16.0 Å². The molecule has 0 unspecified atom stereocenters. The minimum Gasteiger partial charge on any atom is -0.370 e. The van der Waals surface area contributed by atoms with Crippen molar-refractivity contribution in [3.05, 3.63) is 29.8 Å². The first-order valence-electron chi connectivity index (χ1n) is 6.28. The van der Waals surface area contributed by atoms with E-state index in [2.05, 4.69) is 15.2 Å². The number of likely N-dealkylation sites (N-methyl/N-ethyl adjacent to an activating group) is 1. The summed E-state index contributed by atoms with van der Waals surface area (Å²) in [5, 5.41) is 2.56. The Balaban J connectivity index is 1.85. The maximum atomic E-state index is 13.3. The molecule has 1 aliphatic rings. The molecule has 0 saturated heterocycles. The SMILES string of the molecule is CN(CCN=C(N)Nc1cc(F)ccc1F)C1CC1. The van der Waals surface area contributed by atoms with Crippen molar-refractivity contribution < 1.29 is 8.78 Å². The van der Waals surface area contributed by atoms with E-state index in [1.807, 2.05) is 7.05 Å². The van der Waals surface area contributed by atoms with Crippen molar-refractivity contribution in [1.82, 2.24) is 4.90 Å². The van der Waals surface area contributed by atoms with Crippen LogP contribution >= 0.6 is 0 Å². The zero-order valence-electron chi connectivity index (χ0n) is 10.9. The number of aliphatic imine (C=N–C) groups is 1. The van der Waals surface area contributed by atoms with Crippen LogP contribution in [0.1, 0.15) is 12.8 Å². The second kappa shape index (κ2) is 5.97. The zero-order valence-corrected chi connectivity index (χ0v) is 10.9. The van der Waals surface area contributed by atoms with Crippen LogP contribution in [0.25, 0.3) is 0 Å². The standard InChI is InChI=1S/C13H18F2N4/c1-19(10-3-4-10)7-6-17-13(16)18-12-8-9(14)2-5-11(12)15/h2,5,8,10H,3-4,6-7H2,1H3,(H3,16,17,18). The van der Waals surface area contributed by atoms with Crippen molar-refractivity contribution in [2.75, 3.05) is 25.5 Å². The van der Waals surface area contributed by atoms with E-state index in [9.17, 15) is 8.78 Å². The molecule has 2 rings (SSSR count). The van der Waals surface area contributed by atoms with Gasteiger partial charge in [0.15, 0.2) is 5.96 Å². The van der Waals surface area contributed by atoms with Gasteiger partial charge in [0.25, 0.3) is 0 Å². The lowest BCUT2D eigenvalue weighted by molar-refractivity contribution is 0.334.